The van der Waals surface area contributed by atoms with Gasteiger partial charge in [0.25, 0.3) is 19.2 Å². The summed E-state index contributed by atoms with van der Waals surface area (Å²) in [6, 6.07) is 20.1. The molecule has 2 atom stereocenters. The lowest BCUT2D eigenvalue weighted by Crippen LogP contribution is -2.25. The molecular formula is C19H19N2O3P. The second-order valence-corrected chi connectivity index (χ2v) is 9.14. The molecule has 0 spiro atoms. The zero-order valence-corrected chi connectivity index (χ0v) is 14.8. The van der Waals surface area contributed by atoms with Crippen LogP contribution in [0.3, 0.4) is 0 Å². The molecule has 2 saturated heterocycles. The summed E-state index contributed by atoms with van der Waals surface area (Å²) in [5.74, 6) is 1.25. The fourth-order valence-corrected chi connectivity index (χ4v) is 6.58. The maximum absolute atomic E-state index is 13.9. The van der Waals surface area contributed by atoms with Crippen LogP contribution in [0, 0.1) is 0 Å². The molecule has 0 aromatic heterocycles. The highest BCUT2D eigenvalue weighted by molar-refractivity contribution is 7.58. The van der Waals surface area contributed by atoms with Crippen LogP contribution in [0.5, 0.6) is 0 Å². The van der Waals surface area contributed by atoms with Crippen molar-refractivity contribution in [2.24, 2.45) is 0 Å². The van der Waals surface area contributed by atoms with Gasteiger partial charge in [-0.15, -0.1) is 0 Å². The summed E-state index contributed by atoms with van der Waals surface area (Å²) >= 11 is 0. The van der Waals surface area contributed by atoms with Crippen LogP contribution >= 0.6 is 7.44 Å². The lowest BCUT2D eigenvalue weighted by Gasteiger charge is -2.32. The van der Waals surface area contributed by atoms with Crippen molar-refractivity contribution >= 4 is 7.44 Å². The summed E-state index contributed by atoms with van der Waals surface area (Å²) in [6.45, 7) is 2.80. The van der Waals surface area contributed by atoms with E-state index < -0.39 is 7.44 Å². The first kappa shape index (κ1) is 14.9. The third kappa shape index (κ3) is 2.05. The molecule has 2 fully saturated rings. The molecule has 25 heavy (non-hydrogen) atoms. The van der Waals surface area contributed by atoms with Crippen LogP contribution in [-0.4, -0.2) is 29.2 Å². The van der Waals surface area contributed by atoms with Gasteiger partial charge in [0.05, 0.1) is 12.1 Å². The van der Waals surface area contributed by atoms with E-state index in [4.69, 9.17) is 9.47 Å². The van der Waals surface area contributed by atoms with Crippen LogP contribution in [0.15, 0.2) is 72.4 Å². The highest BCUT2D eigenvalue weighted by Gasteiger charge is 2.58. The lowest BCUT2D eigenvalue weighted by atomic mass is 10.1. The summed E-state index contributed by atoms with van der Waals surface area (Å²) in [5.41, 5.74) is 2.22. The maximum Gasteiger partial charge on any atom is 0.266 e. The first-order chi connectivity index (χ1) is 12.2. The van der Waals surface area contributed by atoms with E-state index in [0.29, 0.717) is 25.0 Å². The van der Waals surface area contributed by atoms with E-state index in [1.165, 1.54) is 0 Å². The summed E-state index contributed by atoms with van der Waals surface area (Å²) in [7, 11) is -2.85. The normalized spacial score (nSPS) is 26.3. The van der Waals surface area contributed by atoms with Gasteiger partial charge in [-0.25, -0.2) is 0 Å². The minimum Gasteiger partial charge on any atom is -0.472 e. The number of hydrogen-bond donors (Lipinski definition) is 0. The van der Waals surface area contributed by atoms with Crippen LogP contribution in [0.25, 0.3) is 0 Å². The van der Waals surface area contributed by atoms with Crippen molar-refractivity contribution in [3.05, 3.63) is 83.6 Å². The number of benzene rings is 2. The summed E-state index contributed by atoms with van der Waals surface area (Å²) < 4.78 is 29.6. The molecule has 0 aliphatic carbocycles. The van der Waals surface area contributed by atoms with Crippen LogP contribution in [0.2, 0.25) is 0 Å². The molecule has 3 aliphatic heterocycles. The molecule has 0 amide bonds. The molecule has 128 valence electrons. The van der Waals surface area contributed by atoms with E-state index in [2.05, 4.69) is 24.3 Å². The van der Waals surface area contributed by atoms with E-state index in [1.807, 2.05) is 52.4 Å². The highest BCUT2D eigenvalue weighted by Crippen LogP contribution is 2.69. The van der Waals surface area contributed by atoms with Crippen molar-refractivity contribution in [2.75, 3.05) is 19.9 Å². The molecule has 3 aliphatic rings. The van der Waals surface area contributed by atoms with Gasteiger partial charge in [0.2, 0.25) is 0 Å². The molecular weight excluding hydrogens is 335 g/mol. The number of nitrogens with zero attached hydrogens (tertiary/aromatic N) is 2. The number of rotatable bonds is 2. The van der Waals surface area contributed by atoms with Crippen molar-refractivity contribution in [2.45, 2.75) is 12.1 Å². The third-order valence-corrected chi connectivity index (χ3v) is 7.63. The minimum absolute atomic E-state index is 0.0508. The van der Waals surface area contributed by atoms with Gasteiger partial charge in [-0.3, -0.25) is 13.9 Å². The van der Waals surface area contributed by atoms with Crippen LogP contribution in [0.4, 0.5) is 0 Å². The van der Waals surface area contributed by atoms with Crippen molar-refractivity contribution < 1.29 is 14.0 Å². The average Bonchev–Trinajstić information content (AvgIpc) is 3.32. The Bertz CT molecular complexity index is 815. The Kier molecular flexibility index (Phi) is 3.16. The van der Waals surface area contributed by atoms with E-state index in [-0.39, 0.29) is 12.1 Å². The Morgan fingerprint density at radius 1 is 0.800 bits per heavy atom. The molecule has 2 aromatic rings. The molecule has 5 nitrogen and oxygen atoms in total. The standard InChI is InChI=1S/C19H19N2O3P/c1-25(22)20-16(14-8-4-2-5-9-14)12-23-18(20)19-21(25)17(13-24-19)15-10-6-3-7-11-15/h2-11,16-17H,12-13H2,1H3/t16-,17-/m1/s1. The highest BCUT2D eigenvalue weighted by atomic mass is 31.2. The molecule has 2 aromatic carbocycles. The second-order valence-electron chi connectivity index (χ2n) is 6.61. The molecule has 0 radical (unpaired) electrons. The lowest BCUT2D eigenvalue weighted by molar-refractivity contribution is 0.189. The molecule has 6 heteroatoms. The fourth-order valence-electron chi connectivity index (χ4n) is 3.98. The molecule has 5 rings (SSSR count). The van der Waals surface area contributed by atoms with Gasteiger partial charge >= 0.3 is 0 Å². The zero-order chi connectivity index (χ0) is 17.0. The summed E-state index contributed by atoms with van der Waals surface area (Å²) in [5, 5.41) is 0. The third-order valence-electron chi connectivity index (χ3n) is 5.11. The molecule has 0 bridgehead atoms. The largest absolute Gasteiger partial charge is 0.472 e. The van der Waals surface area contributed by atoms with Crippen LogP contribution < -0.4 is 0 Å². The summed E-state index contributed by atoms with van der Waals surface area (Å²) in [6.07, 6.45) is 0. The first-order valence-electron chi connectivity index (χ1n) is 8.44. The molecule has 0 saturated carbocycles. The summed E-state index contributed by atoms with van der Waals surface area (Å²) in [4.78, 5) is 0. The Morgan fingerprint density at radius 2 is 1.20 bits per heavy atom. The van der Waals surface area contributed by atoms with Crippen LogP contribution in [-0.2, 0) is 14.0 Å². The smallest absolute Gasteiger partial charge is 0.266 e. The number of fused-ring (bicyclic) bond motifs is 2. The van der Waals surface area contributed by atoms with Crippen molar-refractivity contribution in [3.8, 4) is 0 Å². The van der Waals surface area contributed by atoms with Gasteiger partial charge in [0.15, 0.2) is 0 Å². The van der Waals surface area contributed by atoms with Gasteiger partial charge in [-0.2, -0.15) is 0 Å². The van der Waals surface area contributed by atoms with E-state index in [9.17, 15) is 4.57 Å². The maximum atomic E-state index is 13.9. The molecule has 0 unspecified atom stereocenters. The Labute approximate surface area is 146 Å². The predicted octanol–water partition coefficient (Wildman–Crippen LogP) is 4.10. The van der Waals surface area contributed by atoms with Crippen LogP contribution in [0.1, 0.15) is 23.2 Å². The van der Waals surface area contributed by atoms with Gasteiger partial charge in [-0.05, 0) is 11.1 Å². The number of hydrogen-bond acceptors (Lipinski definition) is 3. The van der Waals surface area contributed by atoms with Crippen molar-refractivity contribution in [3.63, 3.8) is 0 Å². The van der Waals surface area contributed by atoms with E-state index in [1.54, 1.807) is 0 Å². The predicted molar refractivity (Wildman–Crippen MR) is 94.5 cm³/mol. The fraction of sp³-hybridized carbons (Fsp3) is 0.263. The second kappa shape index (κ2) is 5.30. The van der Waals surface area contributed by atoms with Gasteiger partial charge in [0, 0.05) is 6.66 Å². The Hall–Kier alpha value is -2.39. The SMILES string of the molecule is CP1(=O)N2C(=C3OC[C@H](c4ccccc4)N31)OC[C@@H]2c1ccccc1. The van der Waals surface area contributed by atoms with E-state index in [0.717, 1.165) is 11.1 Å². The monoisotopic (exact) mass is 354 g/mol. The van der Waals surface area contributed by atoms with Crippen molar-refractivity contribution in [1.29, 1.82) is 0 Å². The van der Waals surface area contributed by atoms with E-state index >= 15 is 0 Å². The van der Waals surface area contributed by atoms with Crippen molar-refractivity contribution in [1.82, 2.24) is 9.34 Å². The van der Waals surface area contributed by atoms with Gasteiger partial charge < -0.3 is 9.47 Å². The Morgan fingerprint density at radius 3 is 1.60 bits per heavy atom. The average molecular weight is 354 g/mol. The zero-order valence-electron chi connectivity index (χ0n) is 13.9. The first-order valence-corrected chi connectivity index (χ1v) is 10.5. The number of ether oxygens (including phenoxy) is 2. The van der Waals surface area contributed by atoms with Gasteiger partial charge in [0.1, 0.15) is 13.2 Å². The minimum atomic E-state index is -2.85. The van der Waals surface area contributed by atoms with Gasteiger partial charge in [-0.1, -0.05) is 60.7 Å². The molecule has 0 N–H and O–H groups in total. The Balaban J connectivity index is 1.57. The quantitative estimate of drug-likeness (QED) is 0.760. The topological polar surface area (TPSA) is 42.0 Å². The molecule has 3 heterocycles.